The fourth-order valence-electron chi connectivity index (χ4n) is 5.57. The number of hydrogen-bond acceptors (Lipinski definition) is 8. The SMILES string of the molecule is C[C@@H]1C(=O)C[C@@H]2[C@H](CO)CC[C@@H](C(C)(C)O[C@@H]3O[C@H](CO)[C@@H](O)[C@H](O)[C@H]3O)C[C@H]21. The second kappa shape index (κ2) is 8.86. The average molecular weight is 417 g/mol. The van der Waals surface area contributed by atoms with Gasteiger partial charge in [0.15, 0.2) is 6.29 Å². The second-order valence-corrected chi connectivity index (χ2v) is 9.66. The Hall–Kier alpha value is -0.610. The van der Waals surface area contributed by atoms with E-state index in [0.29, 0.717) is 6.42 Å². The topological polar surface area (TPSA) is 137 Å². The highest BCUT2D eigenvalue weighted by molar-refractivity contribution is 5.83. The standard InChI is InChI=1S/C21H36O8/c1-10-13-6-12(5-4-11(8-22)14(13)7-15(10)24)21(2,3)29-20-19(27)18(26)17(25)16(9-23)28-20/h10-14,16-20,22-23,25-27H,4-9H2,1-3H3/t10-,11-,12+,13-,14+,16+,17+,18-,19+,20-/m0/s1. The number of Topliss-reactive ketones (excluding diaryl/α,β-unsaturated/α-hetero) is 1. The lowest BCUT2D eigenvalue weighted by Crippen LogP contribution is -2.60. The van der Waals surface area contributed by atoms with Gasteiger partial charge in [-0.1, -0.05) is 6.92 Å². The van der Waals surface area contributed by atoms with Crippen molar-refractivity contribution < 1.29 is 39.8 Å². The molecule has 1 aliphatic heterocycles. The molecule has 0 radical (unpaired) electrons. The van der Waals surface area contributed by atoms with Gasteiger partial charge in [-0.3, -0.25) is 4.79 Å². The van der Waals surface area contributed by atoms with Crippen LogP contribution in [0, 0.1) is 29.6 Å². The van der Waals surface area contributed by atoms with E-state index in [4.69, 9.17) is 9.47 Å². The average Bonchev–Trinajstić information content (AvgIpc) is 2.85. The summed E-state index contributed by atoms with van der Waals surface area (Å²) in [4.78, 5) is 12.3. The summed E-state index contributed by atoms with van der Waals surface area (Å²) in [5.41, 5.74) is -0.742. The molecule has 3 rings (SSSR count). The molecule has 3 fully saturated rings. The molecule has 2 saturated carbocycles. The quantitative estimate of drug-likeness (QED) is 0.417. The van der Waals surface area contributed by atoms with Crippen LogP contribution in [-0.2, 0) is 14.3 Å². The van der Waals surface area contributed by atoms with Gasteiger partial charge in [0.1, 0.15) is 30.2 Å². The van der Waals surface area contributed by atoms with E-state index >= 15 is 0 Å². The van der Waals surface area contributed by atoms with Crippen molar-refractivity contribution in [1.82, 2.24) is 0 Å². The van der Waals surface area contributed by atoms with E-state index in [2.05, 4.69) is 0 Å². The lowest BCUT2D eigenvalue weighted by Gasteiger charge is -2.45. The summed E-state index contributed by atoms with van der Waals surface area (Å²) in [6.07, 6.45) is -3.64. The second-order valence-electron chi connectivity index (χ2n) is 9.66. The molecule has 8 nitrogen and oxygen atoms in total. The fourth-order valence-corrected chi connectivity index (χ4v) is 5.57. The van der Waals surface area contributed by atoms with Gasteiger partial charge >= 0.3 is 0 Å². The van der Waals surface area contributed by atoms with Crippen molar-refractivity contribution >= 4 is 5.78 Å². The van der Waals surface area contributed by atoms with Crippen molar-refractivity contribution in [2.45, 2.75) is 82.8 Å². The first kappa shape index (κ1) is 23.1. The van der Waals surface area contributed by atoms with Crippen LogP contribution in [0.2, 0.25) is 0 Å². The Morgan fingerprint density at radius 1 is 1.03 bits per heavy atom. The van der Waals surface area contributed by atoms with Crippen LogP contribution in [0.1, 0.15) is 46.5 Å². The third-order valence-electron chi connectivity index (χ3n) is 7.67. The summed E-state index contributed by atoms with van der Waals surface area (Å²) in [5, 5.41) is 49.6. The molecule has 0 aromatic rings. The maximum Gasteiger partial charge on any atom is 0.187 e. The molecule has 0 aromatic carbocycles. The maximum atomic E-state index is 12.3. The molecule has 0 spiro atoms. The summed E-state index contributed by atoms with van der Waals surface area (Å²) >= 11 is 0. The zero-order valence-electron chi connectivity index (χ0n) is 17.5. The van der Waals surface area contributed by atoms with E-state index in [1.54, 1.807) is 0 Å². The highest BCUT2D eigenvalue weighted by atomic mass is 16.7. The van der Waals surface area contributed by atoms with Crippen molar-refractivity contribution in [1.29, 1.82) is 0 Å². The largest absolute Gasteiger partial charge is 0.396 e. The van der Waals surface area contributed by atoms with E-state index in [0.717, 1.165) is 19.3 Å². The molecule has 3 aliphatic rings. The minimum absolute atomic E-state index is 0.0438. The minimum Gasteiger partial charge on any atom is -0.396 e. The van der Waals surface area contributed by atoms with E-state index in [1.807, 2.05) is 20.8 Å². The smallest absolute Gasteiger partial charge is 0.187 e. The molecule has 0 amide bonds. The van der Waals surface area contributed by atoms with Crippen molar-refractivity contribution in [3.63, 3.8) is 0 Å². The Morgan fingerprint density at radius 2 is 1.72 bits per heavy atom. The normalized spacial score (nSPS) is 46.4. The number of carbonyl (C=O) groups is 1. The monoisotopic (exact) mass is 416 g/mol. The van der Waals surface area contributed by atoms with Gasteiger partial charge in [0.25, 0.3) is 0 Å². The molecule has 1 heterocycles. The third kappa shape index (κ3) is 4.39. The zero-order valence-corrected chi connectivity index (χ0v) is 17.5. The molecular weight excluding hydrogens is 380 g/mol. The van der Waals surface area contributed by atoms with Gasteiger partial charge in [0.2, 0.25) is 0 Å². The van der Waals surface area contributed by atoms with Crippen molar-refractivity contribution in [3.05, 3.63) is 0 Å². The van der Waals surface area contributed by atoms with Gasteiger partial charge in [-0.15, -0.1) is 0 Å². The molecule has 29 heavy (non-hydrogen) atoms. The van der Waals surface area contributed by atoms with Gasteiger partial charge in [0, 0.05) is 18.9 Å². The van der Waals surface area contributed by atoms with E-state index in [1.165, 1.54) is 0 Å². The zero-order chi connectivity index (χ0) is 21.5. The molecule has 0 aromatic heterocycles. The van der Waals surface area contributed by atoms with Gasteiger partial charge in [-0.05, 0) is 56.8 Å². The van der Waals surface area contributed by atoms with E-state index in [-0.39, 0.29) is 42.0 Å². The minimum atomic E-state index is -1.48. The molecule has 5 N–H and O–H groups in total. The molecule has 1 saturated heterocycles. The highest BCUT2D eigenvalue weighted by Gasteiger charge is 2.50. The van der Waals surface area contributed by atoms with Crippen molar-refractivity contribution in [3.8, 4) is 0 Å². The lowest BCUT2D eigenvalue weighted by molar-refractivity contribution is -0.329. The number of hydrogen-bond donors (Lipinski definition) is 5. The summed E-state index contributed by atoms with van der Waals surface area (Å²) in [7, 11) is 0. The molecular formula is C21H36O8. The van der Waals surface area contributed by atoms with Crippen molar-refractivity contribution in [2.24, 2.45) is 29.6 Å². The molecule has 168 valence electrons. The molecule has 10 atom stereocenters. The number of carbonyl (C=O) groups excluding carboxylic acids is 1. The Labute approximate surface area is 171 Å². The Balaban J connectivity index is 1.75. The van der Waals surface area contributed by atoms with Crippen LogP contribution < -0.4 is 0 Å². The van der Waals surface area contributed by atoms with E-state index < -0.39 is 42.9 Å². The summed E-state index contributed by atoms with van der Waals surface area (Å²) in [6, 6.07) is 0. The summed E-state index contributed by atoms with van der Waals surface area (Å²) in [5.74, 6) is 0.749. The van der Waals surface area contributed by atoms with Crippen LogP contribution >= 0.6 is 0 Å². The van der Waals surface area contributed by atoms with Crippen molar-refractivity contribution in [2.75, 3.05) is 13.2 Å². The number of rotatable bonds is 5. The first-order valence-corrected chi connectivity index (χ1v) is 10.7. The van der Waals surface area contributed by atoms with Crippen LogP contribution in [0.3, 0.4) is 0 Å². The predicted molar refractivity (Wildman–Crippen MR) is 103 cm³/mol. The number of fused-ring (bicyclic) bond motifs is 1. The van der Waals surface area contributed by atoms with Gasteiger partial charge < -0.3 is 35.0 Å². The van der Waals surface area contributed by atoms with Gasteiger partial charge in [-0.2, -0.15) is 0 Å². The summed E-state index contributed by atoms with van der Waals surface area (Å²) in [6.45, 7) is 5.33. The van der Waals surface area contributed by atoms with Crippen LogP contribution in [0.15, 0.2) is 0 Å². The van der Waals surface area contributed by atoms with Gasteiger partial charge in [0.05, 0.1) is 12.2 Å². The molecule has 0 bridgehead atoms. The number of ether oxygens (including phenoxy) is 2. The number of aliphatic hydroxyl groups excluding tert-OH is 5. The lowest BCUT2D eigenvalue weighted by atomic mass is 9.77. The Bertz CT molecular complexity index is 579. The molecule has 0 unspecified atom stereocenters. The maximum absolute atomic E-state index is 12.3. The first-order valence-electron chi connectivity index (χ1n) is 10.7. The number of ketones is 1. The fraction of sp³-hybridized carbons (Fsp3) is 0.952. The highest BCUT2D eigenvalue weighted by Crippen LogP contribution is 2.49. The van der Waals surface area contributed by atoms with Crippen LogP contribution in [0.5, 0.6) is 0 Å². The third-order valence-corrected chi connectivity index (χ3v) is 7.67. The Morgan fingerprint density at radius 3 is 2.34 bits per heavy atom. The summed E-state index contributed by atoms with van der Waals surface area (Å²) < 4.78 is 11.6. The van der Waals surface area contributed by atoms with Gasteiger partial charge in [-0.25, -0.2) is 0 Å². The Kier molecular flexibility index (Phi) is 7.05. The molecule has 8 heteroatoms. The first-order chi connectivity index (χ1) is 13.6. The van der Waals surface area contributed by atoms with Crippen LogP contribution in [0.4, 0.5) is 0 Å². The predicted octanol–water partition coefficient (Wildman–Crippen LogP) is -0.169. The van der Waals surface area contributed by atoms with E-state index in [9.17, 15) is 30.3 Å². The van der Waals surface area contributed by atoms with Crippen LogP contribution in [0.25, 0.3) is 0 Å². The van der Waals surface area contributed by atoms with Crippen LogP contribution in [-0.4, -0.2) is 80.8 Å². The number of aliphatic hydroxyl groups is 5. The molecule has 2 aliphatic carbocycles.